The second kappa shape index (κ2) is 6.29. The van der Waals surface area contributed by atoms with Gasteiger partial charge in [0.1, 0.15) is 12.4 Å². The Hall–Kier alpha value is -1.55. The average Bonchev–Trinajstić information content (AvgIpc) is 3.34. The van der Waals surface area contributed by atoms with Gasteiger partial charge in [-0.1, -0.05) is 13.0 Å². The maximum absolute atomic E-state index is 11.8. The molecule has 120 valence electrons. The molecule has 1 aromatic rings. The van der Waals surface area contributed by atoms with Crippen molar-refractivity contribution in [3.63, 3.8) is 0 Å². The van der Waals surface area contributed by atoms with Gasteiger partial charge in [0, 0.05) is 17.7 Å². The first-order valence-corrected chi connectivity index (χ1v) is 8.30. The van der Waals surface area contributed by atoms with Gasteiger partial charge in [-0.2, -0.15) is 0 Å². The first kappa shape index (κ1) is 15.3. The minimum absolute atomic E-state index is 0.0945. The molecule has 0 bridgehead atoms. The predicted molar refractivity (Wildman–Crippen MR) is 85.9 cm³/mol. The molecule has 2 saturated carbocycles. The Kier molecular flexibility index (Phi) is 4.39. The summed E-state index contributed by atoms with van der Waals surface area (Å²) in [7, 11) is 0. The van der Waals surface area contributed by atoms with Crippen molar-refractivity contribution in [2.24, 2.45) is 11.8 Å². The van der Waals surface area contributed by atoms with Crippen molar-refractivity contribution in [2.45, 2.75) is 51.0 Å². The molecule has 22 heavy (non-hydrogen) atoms. The summed E-state index contributed by atoms with van der Waals surface area (Å²) < 4.78 is 5.78. The molecule has 2 fully saturated rings. The summed E-state index contributed by atoms with van der Waals surface area (Å²) in [6.45, 7) is 2.55. The predicted octanol–water partition coefficient (Wildman–Crippen LogP) is 3.36. The molecule has 0 heterocycles. The number of hydrogen-bond donors (Lipinski definition) is 2. The van der Waals surface area contributed by atoms with Gasteiger partial charge < -0.3 is 15.2 Å². The van der Waals surface area contributed by atoms with Gasteiger partial charge in [-0.05, 0) is 56.6 Å². The number of carbonyl (C=O) groups excluding carboxylic acids is 1. The molecule has 2 N–H and O–H groups in total. The normalized spacial score (nSPS) is 28.2. The smallest absolute Gasteiger partial charge is 0.227 e. The lowest BCUT2D eigenvalue weighted by molar-refractivity contribution is -0.117. The molecule has 0 aliphatic heterocycles. The van der Waals surface area contributed by atoms with Gasteiger partial charge in [0.05, 0.1) is 5.60 Å². The zero-order valence-corrected chi connectivity index (χ0v) is 13.2. The second-order valence-electron chi connectivity index (χ2n) is 6.99. The van der Waals surface area contributed by atoms with Crippen molar-refractivity contribution in [1.82, 2.24) is 0 Å². The van der Waals surface area contributed by atoms with E-state index in [1.54, 1.807) is 0 Å². The number of aliphatic hydroxyl groups is 1. The van der Waals surface area contributed by atoms with E-state index in [4.69, 9.17) is 4.74 Å². The van der Waals surface area contributed by atoms with Gasteiger partial charge in [0.25, 0.3) is 0 Å². The molecule has 4 heteroatoms. The lowest BCUT2D eigenvalue weighted by atomic mass is 9.80. The second-order valence-corrected chi connectivity index (χ2v) is 6.99. The summed E-state index contributed by atoms with van der Waals surface area (Å²) in [6.07, 6.45) is 5.69. The van der Waals surface area contributed by atoms with Crippen LogP contribution in [0.3, 0.4) is 0 Å². The number of ether oxygens (including phenoxy) is 1. The lowest BCUT2D eigenvalue weighted by Crippen LogP contribution is -2.39. The highest BCUT2D eigenvalue weighted by Gasteiger charge is 2.32. The number of anilines is 1. The van der Waals surface area contributed by atoms with Crippen LogP contribution >= 0.6 is 0 Å². The van der Waals surface area contributed by atoms with E-state index in [1.807, 2.05) is 24.3 Å². The maximum atomic E-state index is 11.8. The summed E-state index contributed by atoms with van der Waals surface area (Å²) in [5.74, 6) is 1.67. The number of hydrogen-bond acceptors (Lipinski definition) is 3. The van der Waals surface area contributed by atoms with Crippen LogP contribution in [0.15, 0.2) is 24.3 Å². The zero-order valence-electron chi connectivity index (χ0n) is 13.2. The molecule has 0 spiro atoms. The van der Waals surface area contributed by atoms with Gasteiger partial charge in [-0.3, -0.25) is 4.79 Å². The number of rotatable bonds is 5. The fourth-order valence-electron chi connectivity index (χ4n) is 2.91. The Morgan fingerprint density at radius 3 is 2.73 bits per heavy atom. The van der Waals surface area contributed by atoms with Crippen LogP contribution in [-0.2, 0) is 4.79 Å². The molecule has 0 aromatic heterocycles. The van der Waals surface area contributed by atoms with Crippen molar-refractivity contribution >= 4 is 11.6 Å². The SMILES string of the molecule is CC1CCC(O)(COc2cccc(NC(=O)C3CC3)c2)CC1. The fourth-order valence-corrected chi connectivity index (χ4v) is 2.91. The minimum Gasteiger partial charge on any atom is -0.491 e. The first-order valence-electron chi connectivity index (χ1n) is 8.30. The van der Waals surface area contributed by atoms with E-state index in [0.29, 0.717) is 18.3 Å². The minimum atomic E-state index is -0.709. The molecule has 2 aliphatic rings. The standard InChI is InChI=1S/C18H25NO3/c1-13-7-9-18(21,10-8-13)12-22-16-4-2-3-15(11-16)19-17(20)14-5-6-14/h2-4,11,13-14,21H,5-10,12H2,1H3,(H,19,20). The van der Waals surface area contributed by atoms with Crippen molar-refractivity contribution in [3.05, 3.63) is 24.3 Å². The van der Waals surface area contributed by atoms with Crippen LogP contribution in [-0.4, -0.2) is 23.2 Å². The number of amides is 1. The van der Waals surface area contributed by atoms with Crippen LogP contribution in [0.1, 0.15) is 45.4 Å². The lowest BCUT2D eigenvalue weighted by Gasteiger charge is -2.34. The molecular formula is C18H25NO3. The third kappa shape index (κ3) is 4.01. The largest absolute Gasteiger partial charge is 0.491 e. The average molecular weight is 303 g/mol. The van der Waals surface area contributed by atoms with Crippen molar-refractivity contribution in [2.75, 3.05) is 11.9 Å². The highest BCUT2D eigenvalue weighted by molar-refractivity contribution is 5.94. The highest BCUT2D eigenvalue weighted by atomic mass is 16.5. The maximum Gasteiger partial charge on any atom is 0.227 e. The van der Waals surface area contributed by atoms with E-state index in [-0.39, 0.29) is 11.8 Å². The van der Waals surface area contributed by atoms with E-state index in [2.05, 4.69) is 12.2 Å². The Bertz CT molecular complexity index is 531. The molecule has 2 aliphatic carbocycles. The van der Waals surface area contributed by atoms with Crippen LogP contribution in [0.25, 0.3) is 0 Å². The van der Waals surface area contributed by atoms with Crippen molar-refractivity contribution in [1.29, 1.82) is 0 Å². The zero-order chi connectivity index (χ0) is 15.6. The summed E-state index contributed by atoms with van der Waals surface area (Å²) in [5.41, 5.74) is 0.0541. The van der Waals surface area contributed by atoms with Gasteiger partial charge in [0.15, 0.2) is 0 Å². The van der Waals surface area contributed by atoms with Crippen LogP contribution in [0, 0.1) is 11.8 Å². The van der Waals surface area contributed by atoms with E-state index >= 15 is 0 Å². The molecule has 0 atom stereocenters. The molecule has 0 saturated heterocycles. The van der Waals surface area contributed by atoms with E-state index in [9.17, 15) is 9.90 Å². The quantitative estimate of drug-likeness (QED) is 0.877. The fraction of sp³-hybridized carbons (Fsp3) is 0.611. The number of nitrogens with one attached hydrogen (secondary N) is 1. The summed E-state index contributed by atoms with van der Waals surface area (Å²) >= 11 is 0. The van der Waals surface area contributed by atoms with Crippen molar-refractivity contribution in [3.8, 4) is 5.75 Å². The summed E-state index contributed by atoms with van der Waals surface area (Å²) in [5, 5.41) is 13.5. The molecule has 3 rings (SSSR count). The van der Waals surface area contributed by atoms with E-state index in [1.165, 1.54) is 0 Å². The van der Waals surface area contributed by atoms with Gasteiger partial charge in [-0.25, -0.2) is 0 Å². The van der Waals surface area contributed by atoms with Crippen LogP contribution < -0.4 is 10.1 Å². The van der Waals surface area contributed by atoms with Gasteiger partial charge in [0.2, 0.25) is 5.91 Å². The van der Waals surface area contributed by atoms with Crippen LogP contribution in [0.5, 0.6) is 5.75 Å². The number of carbonyl (C=O) groups is 1. The Balaban J connectivity index is 1.54. The Morgan fingerprint density at radius 1 is 1.32 bits per heavy atom. The molecule has 1 amide bonds. The van der Waals surface area contributed by atoms with E-state index < -0.39 is 5.60 Å². The molecule has 0 unspecified atom stereocenters. The third-order valence-electron chi connectivity index (χ3n) is 4.76. The Labute approximate surface area is 131 Å². The molecule has 0 radical (unpaired) electrons. The third-order valence-corrected chi connectivity index (χ3v) is 4.76. The highest BCUT2D eigenvalue weighted by Crippen LogP contribution is 2.33. The Morgan fingerprint density at radius 2 is 2.05 bits per heavy atom. The molecular weight excluding hydrogens is 278 g/mol. The summed E-state index contributed by atoms with van der Waals surface area (Å²) in [4.78, 5) is 11.8. The van der Waals surface area contributed by atoms with Gasteiger partial charge >= 0.3 is 0 Å². The monoisotopic (exact) mass is 303 g/mol. The summed E-state index contributed by atoms with van der Waals surface area (Å²) in [6, 6.07) is 7.42. The van der Waals surface area contributed by atoms with Crippen LogP contribution in [0.2, 0.25) is 0 Å². The van der Waals surface area contributed by atoms with Crippen LogP contribution in [0.4, 0.5) is 5.69 Å². The molecule has 4 nitrogen and oxygen atoms in total. The topological polar surface area (TPSA) is 58.6 Å². The first-order chi connectivity index (χ1) is 10.5. The van der Waals surface area contributed by atoms with Gasteiger partial charge in [-0.15, -0.1) is 0 Å². The molecule has 1 aromatic carbocycles. The number of benzene rings is 1. The van der Waals surface area contributed by atoms with E-state index in [0.717, 1.165) is 44.2 Å². The van der Waals surface area contributed by atoms with Crippen molar-refractivity contribution < 1.29 is 14.6 Å².